The highest BCUT2D eigenvalue weighted by Gasteiger charge is 2.12. The number of aryl methyl sites for hydroxylation is 1. The molecule has 0 saturated heterocycles. The van der Waals surface area contributed by atoms with Crippen molar-refractivity contribution in [3.05, 3.63) is 56.5 Å². The van der Waals surface area contributed by atoms with Crippen LogP contribution in [-0.4, -0.2) is 18.4 Å². The number of ether oxygens (including phenoxy) is 1. The molecule has 120 valence electrons. The van der Waals surface area contributed by atoms with Crippen molar-refractivity contribution in [1.82, 2.24) is 0 Å². The summed E-state index contributed by atoms with van der Waals surface area (Å²) in [6.07, 6.45) is 0. The van der Waals surface area contributed by atoms with Crippen LogP contribution in [0, 0.1) is 6.92 Å². The van der Waals surface area contributed by atoms with E-state index >= 15 is 0 Å². The predicted octanol–water partition coefficient (Wildman–Crippen LogP) is 3.64. The monoisotopic (exact) mass is 440 g/mol. The second kappa shape index (κ2) is 7.61. The van der Waals surface area contributed by atoms with E-state index in [4.69, 9.17) is 10.5 Å². The Labute approximate surface area is 150 Å². The van der Waals surface area contributed by atoms with Crippen molar-refractivity contribution in [3.63, 3.8) is 0 Å². The Morgan fingerprint density at radius 2 is 1.91 bits per heavy atom. The van der Waals surface area contributed by atoms with Gasteiger partial charge in [-0.2, -0.15) is 0 Å². The molecule has 2 amide bonds. The molecular formula is C16H14Br2N2O3. The van der Waals surface area contributed by atoms with E-state index in [9.17, 15) is 9.59 Å². The van der Waals surface area contributed by atoms with Gasteiger partial charge in [0.15, 0.2) is 6.61 Å². The second-order valence-electron chi connectivity index (χ2n) is 4.78. The molecular weight excluding hydrogens is 428 g/mol. The predicted molar refractivity (Wildman–Crippen MR) is 95.7 cm³/mol. The summed E-state index contributed by atoms with van der Waals surface area (Å²) in [5.41, 5.74) is 6.78. The van der Waals surface area contributed by atoms with Crippen molar-refractivity contribution >= 4 is 49.4 Å². The number of amides is 2. The zero-order valence-corrected chi connectivity index (χ0v) is 15.4. The number of nitrogens with one attached hydrogen (secondary N) is 1. The molecule has 0 spiro atoms. The molecule has 0 aliphatic carbocycles. The molecule has 0 aliphatic heterocycles. The van der Waals surface area contributed by atoms with Crippen LogP contribution in [-0.2, 0) is 4.79 Å². The van der Waals surface area contributed by atoms with Gasteiger partial charge in [0.05, 0.1) is 15.7 Å². The smallest absolute Gasteiger partial charge is 0.262 e. The lowest BCUT2D eigenvalue weighted by molar-refractivity contribution is -0.118. The summed E-state index contributed by atoms with van der Waals surface area (Å²) in [4.78, 5) is 23.4. The maximum Gasteiger partial charge on any atom is 0.262 e. The number of para-hydroxylation sites is 1. The normalized spacial score (nSPS) is 10.2. The summed E-state index contributed by atoms with van der Waals surface area (Å²) in [7, 11) is 0. The largest absolute Gasteiger partial charge is 0.482 e. The van der Waals surface area contributed by atoms with Crippen LogP contribution < -0.4 is 15.8 Å². The Bertz CT molecular complexity index is 740. The molecule has 0 heterocycles. The Morgan fingerprint density at radius 1 is 1.22 bits per heavy atom. The summed E-state index contributed by atoms with van der Waals surface area (Å²) in [6, 6.07) is 10.3. The van der Waals surface area contributed by atoms with Crippen LogP contribution in [0.3, 0.4) is 0 Å². The highest BCUT2D eigenvalue weighted by atomic mass is 79.9. The van der Waals surface area contributed by atoms with Crippen LogP contribution in [0.25, 0.3) is 0 Å². The van der Waals surface area contributed by atoms with E-state index in [1.807, 2.05) is 19.1 Å². The summed E-state index contributed by atoms with van der Waals surface area (Å²) in [5.74, 6) is -0.396. The zero-order chi connectivity index (χ0) is 17.0. The van der Waals surface area contributed by atoms with Gasteiger partial charge in [-0.1, -0.05) is 28.1 Å². The number of hydrogen-bond acceptors (Lipinski definition) is 3. The van der Waals surface area contributed by atoms with Crippen LogP contribution in [0.4, 0.5) is 5.69 Å². The number of carbonyl (C=O) groups excluding carboxylic acids is 2. The minimum absolute atomic E-state index is 0.186. The number of halogens is 2. The highest BCUT2D eigenvalue weighted by molar-refractivity contribution is 9.11. The second-order valence-corrected chi connectivity index (χ2v) is 6.55. The number of primary amides is 1. The molecule has 0 radical (unpaired) electrons. The molecule has 2 rings (SSSR count). The van der Waals surface area contributed by atoms with Gasteiger partial charge in [0.1, 0.15) is 5.75 Å². The lowest BCUT2D eigenvalue weighted by Crippen LogP contribution is -2.23. The first-order valence-corrected chi connectivity index (χ1v) is 8.24. The van der Waals surface area contributed by atoms with Crippen LogP contribution in [0.2, 0.25) is 0 Å². The molecule has 2 aromatic rings. The third-order valence-electron chi connectivity index (χ3n) is 3.01. The molecule has 7 heteroatoms. The minimum atomic E-state index is -0.603. The van der Waals surface area contributed by atoms with Gasteiger partial charge >= 0.3 is 0 Å². The first-order chi connectivity index (χ1) is 10.9. The van der Waals surface area contributed by atoms with Crippen LogP contribution in [0.15, 0.2) is 45.3 Å². The van der Waals surface area contributed by atoms with Crippen molar-refractivity contribution in [1.29, 1.82) is 0 Å². The summed E-state index contributed by atoms with van der Waals surface area (Å²) in [6.45, 7) is 1.69. The van der Waals surface area contributed by atoms with Gasteiger partial charge in [0.2, 0.25) is 0 Å². The van der Waals surface area contributed by atoms with Crippen LogP contribution in [0.5, 0.6) is 5.75 Å². The number of carbonyl (C=O) groups is 2. The number of nitrogens with two attached hydrogens (primary N) is 1. The van der Waals surface area contributed by atoms with E-state index in [0.29, 0.717) is 11.4 Å². The van der Waals surface area contributed by atoms with E-state index in [1.165, 1.54) is 0 Å². The van der Waals surface area contributed by atoms with Crippen molar-refractivity contribution in [2.45, 2.75) is 6.92 Å². The van der Waals surface area contributed by atoms with Gasteiger partial charge < -0.3 is 15.8 Å². The van der Waals surface area contributed by atoms with E-state index < -0.39 is 5.91 Å². The van der Waals surface area contributed by atoms with Gasteiger partial charge in [-0.25, -0.2) is 0 Å². The van der Waals surface area contributed by atoms with Crippen molar-refractivity contribution in [2.75, 3.05) is 11.9 Å². The standard InChI is InChI=1S/C16H14Br2N2O3/c1-9-6-10(17)7-12(18)15(9)23-8-14(21)20-13-5-3-2-4-11(13)16(19)22/h2-7H,8H2,1H3,(H2,19,22)(H,20,21). The lowest BCUT2D eigenvalue weighted by atomic mass is 10.1. The van der Waals surface area contributed by atoms with Crippen molar-refractivity contribution < 1.29 is 14.3 Å². The zero-order valence-electron chi connectivity index (χ0n) is 12.2. The third-order valence-corrected chi connectivity index (χ3v) is 4.06. The average Bonchev–Trinajstić information content (AvgIpc) is 2.46. The third kappa shape index (κ3) is 4.56. The van der Waals surface area contributed by atoms with Gasteiger partial charge in [-0.05, 0) is 52.7 Å². The fraction of sp³-hybridized carbons (Fsp3) is 0.125. The first-order valence-electron chi connectivity index (χ1n) is 6.65. The van der Waals surface area contributed by atoms with E-state index in [1.54, 1.807) is 24.3 Å². The summed E-state index contributed by atoms with van der Waals surface area (Å²) < 4.78 is 7.22. The van der Waals surface area contributed by atoms with Crippen LogP contribution >= 0.6 is 31.9 Å². The molecule has 0 aromatic heterocycles. The first kappa shape index (κ1) is 17.5. The Morgan fingerprint density at radius 3 is 2.57 bits per heavy atom. The Kier molecular flexibility index (Phi) is 5.79. The van der Waals surface area contributed by atoms with Crippen LogP contribution in [0.1, 0.15) is 15.9 Å². The number of benzene rings is 2. The van der Waals surface area contributed by atoms with E-state index in [-0.39, 0.29) is 18.1 Å². The molecule has 0 saturated carbocycles. The molecule has 0 fully saturated rings. The van der Waals surface area contributed by atoms with Gasteiger partial charge in [-0.3, -0.25) is 9.59 Å². The number of hydrogen-bond donors (Lipinski definition) is 2. The summed E-state index contributed by atoms with van der Waals surface area (Å²) >= 11 is 6.78. The number of anilines is 1. The van der Waals surface area contributed by atoms with Crippen molar-refractivity contribution in [2.24, 2.45) is 5.73 Å². The SMILES string of the molecule is Cc1cc(Br)cc(Br)c1OCC(=O)Nc1ccccc1C(N)=O. The lowest BCUT2D eigenvalue weighted by Gasteiger charge is -2.13. The number of rotatable bonds is 5. The van der Waals surface area contributed by atoms with E-state index in [0.717, 1.165) is 14.5 Å². The highest BCUT2D eigenvalue weighted by Crippen LogP contribution is 2.32. The fourth-order valence-electron chi connectivity index (χ4n) is 2.00. The Balaban J connectivity index is 2.06. The van der Waals surface area contributed by atoms with E-state index in [2.05, 4.69) is 37.2 Å². The minimum Gasteiger partial charge on any atom is -0.482 e. The average molecular weight is 442 g/mol. The van der Waals surface area contributed by atoms with Gasteiger partial charge in [-0.15, -0.1) is 0 Å². The summed E-state index contributed by atoms with van der Waals surface area (Å²) in [5, 5.41) is 2.62. The Hall–Kier alpha value is -1.86. The van der Waals surface area contributed by atoms with Gasteiger partial charge in [0, 0.05) is 4.47 Å². The maximum absolute atomic E-state index is 12.0. The van der Waals surface area contributed by atoms with Crippen molar-refractivity contribution in [3.8, 4) is 5.75 Å². The maximum atomic E-state index is 12.0. The molecule has 23 heavy (non-hydrogen) atoms. The quantitative estimate of drug-likeness (QED) is 0.743. The molecule has 2 aromatic carbocycles. The molecule has 0 bridgehead atoms. The molecule has 0 atom stereocenters. The molecule has 5 nitrogen and oxygen atoms in total. The van der Waals surface area contributed by atoms with Gasteiger partial charge in [0.25, 0.3) is 11.8 Å². The fourth-order valence-corrected chi connectivity index (χ4v) is 3.56. The molecule has 3 N–H and O–H groups in total. The topological polar surface area (TPSA) is 81.4 Å². The molecule has 0 aliphatic rings. The molecule has 0 unspecified atom stereocenters.